The lowest BCUT2D eigenvalue weighted by Gasteiger charge is -2.37. The maximum Gasteiger partial charge on any atom is 0.261 e. The highest BCUT2D eigenvalue weighted by Gasteiger charge is 2.65. The molecule has 4 atom stereocenters. The Bertz CT molecular complexity index is 1870. The van der Waals surface area contributed by atoms with Crippen LogP contribution < -0.4 is 26.3 Å². The minimum Gasteiger partial charge on any atom is -0.497 e. The largest absolute Gasteiger partial charge is 0.497 e. The second-order valence-corrected chi connectivity index (χ2v) is 18.4. The molecule has 0 saturated carbocycles. The van der Waals surface area contributed by atoms with E-state index < -0.39 is 19.8 Å². The van der Waals surface area contributed by atoms with Crippen LogP contribution >= 0.6 is 0 Å². The molecule has 2 aliphatic heterocycles. The first-order chi connectivity index (χ1) is 24.0. The normalized spacial score (nSPS) is 21.1. The molecule has 10 nitrogen and oxygen atoms in total. The number of anilines is 3. The molecule has 0 aliphatic carbocycles. The Kier molecular flexibility index (Phi) is 9.84. The van der Waals surface area contributed by atoms with Crippen molar-refractivity contribution in [3.05, 3.63) is 114 Å². The average molecular weight is 693 g/mol. The summed E-state index contributed by atoms with van der Waals surface area (Å²) in [6, 6.07) is 29.7. The lowest BCUT2D eigenvalue weighted by Crippen LogP contribution is -2.52. The number of ether oxygens (including phenoxy) is 2. The van der Waals surface area contributed by atoms with Crippen LogP contribution in [0.1, 0.15) is 34.8 Å². The van der Waals surface area contributed by atoms with Gasteiger partial charge in [-0.3, -0.25) is 14.4 Å². The maximum absolute atomic E-state index is 14.2. The van der Waals surface area contributed by atoms with Crippen LogP contribution in [0.2, 0.25) is 18.6 Å². The summed E-state index contributed by atoms with van der Waals surface area (Å²) >= 11 is 0. The van der Waals surface area contributed by atoms with Crippen LogP contribution in [0.25, 0.3) is 0 Å². The molecule has 0 unspecified atom stereocenters. The van der Waals surface area contributed by atoms with Gasteiger partial charge in [-0.15, -0.1) is 0 Å². The first-order valence-corrected chi connectivity index (χ1v) is 19.9. The summed E-state index contributed by atoms with van der Waals surface area (Å²) in [4.78, 5) is 43.1. The van der Waals surface area contributed by atoms with Crippen molar-refractivity contribution in [1.29, 1.82) is 0 Å². The summed E-state index contributed by atoms with van der Waals surface area (Å²) in [6.45, 7) is 6.88. The number of hydrogen-bond acceptors (Lipinski definition) is 7. The molecule has 0 aromatic heterocycles. The predicted molar refractivity (Wildman–Crippen MR) is 197 cm³/mol. The topological polar surface area (TPSA) is 143 Å². The minimum absolute atomic E-state index is 0.0341. The lowest BCUT2D eigenvalue weighted by atomic mass is 9.82. The van der Waals surface area contributed by atoms with Gasteiger partial charge in [0, 0.05) is 47.2 Å². The maximum atomic E-state index is 14.2. The van der Waals surface area contributed by atoms with Gasteiger partial charge in [-0.1, -0.05) is 67.7 Å². The van der Waals surface area contributed by atoms with Crippen LogP contribution in [0.3, 0.4) is 0 Å². The molecule has 2 heterocycles. The number of nitrogens with two attached hydrogens (primary N) is 1. The van der Waals surface area contributed by atoms with Gasteiger partial charge >= 0.3 is 0 Å². The molecular weight excluding hydrogens is 649 g/mol. The number of rotatable bonds is 11. The van der Waals surface area contributed by atoms with E-state index in [9.17, 15) is 19.5 Å². The number of nitrogen functional groups attached to an aromatic ring is 1. The molecule has 6 rings (SSSR count). The number of carbonyl (C=O) groups excluding carboxylic acids is 3. The molecule has 1 saturated heterocycles. The van der Waals surface area contributed by atoms with Crippen molar-refractivity contribution in [3.8, 4) is 5.75 Å². The van der Waals surface area contributed by atoms with E-state index in [1.165, 1.54) is 0 Å². The summed E-state index contributed by atoms with van der Waals surface area (Å²) in [5.74, 6) is -0.360. The van der Waals surface area contributed by atoms with Crippen molar-refractivity contribution in [2.45, 2.75) is 50.2 Å². The van der Waals surface area contributed by atoms with Gasteiger partial charge in [-0.2, -0.15) is 0 Å². The van der Waals surface area contributed by atoms with E-state index in [0.29, 0.717) is 34.7 Å². The summed E-state index contributed by atoms with van der Waals surface area (Å²) in [5, 5.41) is 17.0. The van der Waals surface area contributed by atoms with Gasteiger partial charge < -0.3 is 35.8 Å². The average Bonchev–Trinajstić information content (AvgIpc) is 3.57. The molecule has 11 heteroatoms. The fraction of sp³-hybridized carbons (Fsp3) is 0.308. The van der Waals surface area contributed by atoms with Crippen LogP contribution in [0.15, 0.2) is 97.1 Å². The predicted octanol–water partition coefficient (Wildman–Crippen LogP) is 5.11. The highest BCUT2D eigenvalue weighted by atomic mass is 28.3. The zero-order chi connectivity index (χ0) is 35.6. The second kappa shape index (κ2) is 14.1. The van der Waals surface area contributed by atoms with E-state index in [4.69, 9.17) is 15.2 Å². The Morgan fingerprint density at radius 3 is 2.38 bits per heavy atom. The number of nitrogens with zero attached hydrogens (tertiary/aromatic N) is 1. The number of carbonyl (C=O) groups is 3. The zero-order valence-electron chi connectivity index (χ0n) is 28.8. The molecule has 0 radical (unpaired) electrons. The third kappa shape index (κ3) is 6.51. The van der Waals surface area contributed by atoms with E-state index in [2.05, 4.69) is 35.9 Å². The molecule has 4 aromatic rings. The van der Waals surface area contributed by atoms with Crippen LogP contribution in [0, 0.1) is 5.92 Å². The molecular formula is C39H44N4O6Si. The minimum atomic E-state index is -2.50. The van der Waals surface area contributed by atoms with Crippen LogP contribution in [-0.2, 0) is 26.5 Å². The van der Waals surface area contributed by atoms with Crippen molar-refractivity contribution in [2.24, 2.45) is 5.92 Å². The fourth-order valence-electron chi connectivity index (χ4n) is 7.77. The van der Waals surface area contributed by atoms with Crippen molar-refractivity contribution < 1.29 is 29.0 Å². The van der Waals surface area contributed by atoms with Crippen molar-refractivity contribution in [2.75, 3.05) is 36.6 Å². The molecule has 0 bridgehead atoms. The van der Waals surface area contributed by atoms with Gasteiger partial charge in [-0.25, -0.2) is 0 Å². The highest BCUT2D eigenvalue weighted by Crippen LogP contribution is 2.59. The van der Waals surface area contributed by atoms with E-state index in [0.717, 1.165) is 16.5 Å². The summed E-state index contributed by atoms with van der Waals surface area (Å²) in [5.41, 5.74) is 7.94. The Balaban J connectivity index is 1.37. The highest BCUT2D eigenvalue weighted by molar-refractivity contribution is 6.91. The molecule has 3 amide bonds. The molecule has 1 spiro atoms. The third-order valence-corrected chi connectivity index (χ3v) is 14.7. The number of aliphatic hydroxyl groups excluding tert-OH is 1. The third-order valence-electron chi connectivity index (χ3n) is 10.3. The quantitative estimate of drug-likeness (QED) is 0.126. The SMILES string of the molecule is COc1ccc([Si](C)(C)[C@H]2[C@H](CC(=O)N(CCO)Cc3ccccc3)O[C@@]3(C(=O)Nc4ccc(NC(=O)c5ccc(N)cc5)cc43)[C@@H]2C)cc1. The monoisotopic (exact) mass is 692 g/mol. The summed E-state index contributed by atoms with van der Waals surface area (Å²) < 4.78 is 12.4. The van der Waals surface area contributed by atoms with E-state index in [1.54, 1.807) is 54.5 Å². The standard InChI is InChI=1S/C39H44N4O6Si/c1-25-36(50(3,4)31-17-15-30(48-2)16-18-31)34(23-35(45)43(20-21-44)24-26-8-6-5-7-9-26)49-39(25)32-22-29(14-19-33(32)42-38(39)47)41-37(46)27-10-12-28(40)13-11-27/h5-19,22,25,34,36,44H,20-21,23-24,40H2,1-4H3,(H,41,46)(H,42,47)/t25-,34+,36-,39+/m1/s1. The Morgan fingerprint density at radius 1 is 1.02 bits per heavy atom. The van der Waals surface area contributed by atoms with Gasteiger partial charge in [0.05, 0.1) is 34.3 Å². The first-order valence-electron chi connectivity index (χ1n) is 16.9. The van der Waals surface area contributed by atoms with E-state index >= 15 is 0 Å². The number of hydrogen-bond donors (Lipinski definition) is 4. The number of methoxy groups -OCH3 is 1. The molecule has 2 aliphatic rings. The molecule has 4 aromatic carbocycles. The van der Waals surface area contributed by atoms with Crippen molar-refractivity contribution in [3.63, 3.8) is 0 Å². The van der Waals surface area contributed by atoms with Crippen LogP contribution in [0.5, 0.6) is 5.75 Å². The van der Waals surface area contributed by atoms with Crippen LogP contribution in [-0.4, -0.2) is 62.2 Å². The van der Waals surface area contributed by atoms with E-state index in [-0.39, 0.29) is 48.8 Å². The molecule has 1 fully saturated rings. The fourth-order valence-corrected chi connectivity index (χ4v) is 11.8. The lowest BCUT2D eigenvalue weighted by molar-refractivity contribution is -0.148. The number of benzene rings is 4. The van der Waals surface area contributed by atoms with Crippen molar-refractivity contribution in [1.82, 2.24) is 4.90 Å². The Hall–Kier alpha value is -4.97. The number of amides is 3. The van der Waals surface area contributed by atoms with Gasteiger partial charge in [0.15, 0.2) is 5.60 Å². The van der Waals surface area contributed by atoms with Gasteiger partial charge in [-0.05, 0) is 65.7 Å². The smallest absolute Gasteiger partial charge is 0.261 e. The van der Waals surface area contributed by atoms with Gasteiger partial charge in [0.1, 0.15) is 5.75 Å². The van der Waals surface area contributed by atoms with Gasteiger partial charge in [0.2, 0.25) is 5.91 Å². The summed E-state index contributed by atoms with van der Waals surface area (Å²) in [6.07, 6.45) is -0.574. The summed E-state index contributed by atoms with van der Waals surface area (Å²) in [7, 11) is -0.865. The second-order valence-electron chi connectivity index (χ2n) is 13.7. The first kappa shape index (κ1) is 34.9. The van der Waals surface area contributed by atoms with E-state index in [1.807, 2.05) is 49.4 Å². The number of nitrogens with one attached hydrogen (secondary N) is 2. The number of aliphatic hydroxyl groups is 1. The molecule has 5 N–H and O–H groups in total. The van der Waals surface area contributed by atoms with Crippen LogP contribution in [0.4, 0.5) is 17.1 Å². The van der Waals surface area contributed by atoms with Gasteiger partial charge in [0.25, 0.3) is 11.8 Å². The molecule has 260 valence electrons. The Labute approximate surface area is 293 Å². The zero-order valence-corrected chi connectivity index (χ0v) is 29.8. The molecule has 50 heavy (non-hydrogen) atoms. The Morgan fingerprint density at radius 2 is 1.72 bits per heavy atom. The number of fused-ring (bicyclic) bond motifs is 2. The van der Waals surface area contributed by atoms with Crippen molar-refractivity contribution >= 4 is 48.0 Å².